The number of rotatable bonds is 1. The van der Waals surface area contributed by atoms with Crippen LogP contribution in [0.25, 0.3) is 71.4 Å². The molecule has 2 aliphatic heterocycles. The molecule has 0 fully saturated rings. The van der Waals surface area contributed by atoms with Crippen LogP contribution in [0.15, 0.2) is 99.8 Å². The zero-order valence-electron chi connectivity index (χ0n) is 24.4. The molecule has 0 saturated carbocycles. The summed E-state index contributed by atoms with van der Waals surface area (Å²) in [6.45, 7) is 6.72. The monoisotopic (exact) mass is 565 g/mol. The molecule has 44 heavy (non-hydrogen) atoms. The molecule has 0 N–H and O–H groups in total. The Hall–Kier alpha value is -5.42. The van der Waals surface area contributed by atoms with Gasteiger partial charge in [0.2, 0.25) is 6.71 Å². The van der Waals surface area contributed by atoms with E-state index in [-0.39, 0.29) is 6.71 Å². The van der Waals surface area contributed by atoms with Crippen LogP contribution in [0, 0.1) is 20.8 Å². The molecule has 0 radical (unpaired) electrons. The predicted octanol–water partition coefficient (Wildman–Crippen LogP) is 8.44. The summed E-state index contributed by atoms with van der Waals surface area (Å²) >= 11 is 0. The van der Waals surface area contributed by atoms with E-state index >= 15 is 0 Å². The van der Waals surface area contributed by atoms with Crippen molar-refractivity contribution >= 4 is 88.8 Å². The first-order valence-electron chi connectivity index (χ1n) is 15.2. The summed E-state index contributed by atoms with van der Waals surface area (Å²) in [6, 6.07) is 32.4. The molecular formula is C39H24BNO3. The number of hydrogen-bond donors (Lipinski definition) is 0. The van der Waals surface area contributed by atoms with Crippen molar-refractivity contribution in [3.63, 3.8) is 0 Å². The first kappa shape index (κ1) is 23.1. The Bertz CT molecular complexity index is 2770. The van der Waals surface area contributed by atoms with E-state index in [1.54, 1.807) is 0 Å². The van der Waals surface area contributed by atoms with E-state index in [4.69, 9.17) is 13.6 Å². The number of para-hydroxylation sites is 3. The highest BCUT2D eigenvalue weighted by Crippen LogP contribution is 2.52. The van der Waals surface area contributed by atoms with Gasteiger partial charge in [-0.05, 0) is 56.0 Å². The highest BCUT2D eigenvalue weighted by Gasteiger charge is 2.41. The maximum absolute atomic E-state index is 6.86. The van der Waals surface area contributed by atoms with E-state index in [1.165, 1.54) is 38.6 Å². The number of hydrogen-bond acceptors (Lipinski definition) is 3. The molecule has 4 nitrogen and oxygen atoms in total. The van der Waals surface area contributed by atoms with E-state index in [0.717, 1.165) is 77.4 Å². The zero-order valence-corrected chi connectivity index (χ0v) is 24.4. The maximum Gasteiger partial charge on any atom is 0.247 e. The van der Waals surface area contributed by atoms with Gasteiger partial charge in [0.25, 0.3) is 0 Å². The number of benzene rings is 6. The minimum absolute atomic E-state index is 0.0271. The van der Waals surface area contributed by atoms with Crippen molar-refractivity contribution in [2.45, 2.75) is 20.8 Å². The van der Waals surface area contributed by atoms with Crippen molar-refractivity contribution < 1.29 is 13.6 Å². The molecular weight excluding hydrogens is 541 g/mol. The Kier molecular flexibility index (Phi) is 3.97. The Morgan fingerprint density at radius 1 is 0.568 bits per heavy atom. The summed E-state index contributed by atoms with van der Waals surface area (Å²) in [5.41, 5.74) is 14.6. The summed E-state index contributed by atoms with van der Waals surface area (Å²) < 4.78 is 22.8. The lowest BCUT2D eigenvalue weighted by molar-refractivity contribution is 0.477. The Balaban J connectivity index is 1.47. The molecule has 6 aromatic carbocycles. The summed E-state index contributed by atoms with van der Waals surface area (Å²) in [7, 11) is 0. The van der Waals surface area contributed by atoms with Crippen LogP contribution in [0.5, 0.6) is 11.5 Å². The Morgan fingerprint density at radius 3 is 1.91 bits per heavy atom. The van der Waals surface area contributed by atoms with Gasteiger partial charge < -0.3 is 18.1 Å². The number of ether oxygens (including phenoxy) is 1. The highest BCUT2D eigenvalue weighted by molar-refractivity contribution is 6.98. The molecule has 0 bridgehead atoms. The molecule has 3 aromatic heterocycles. The molecule has 206 valence electrons. The lowest BCUT2D eigenvalue weighted by Crippen LogP contribution is -2.57. The molecule has 9 aromatic rings. The normalized spacial score (nSPS) is 13.5. The summed E-state index contributed by atoms with van der Waals surface area (Å²) in [5.74, 6) is 1.72. The topological polar surface area (TPSA) is 40.4 Å². The summed E-state index contributed by atoms with van der Waals surface area (Å²) in [6.07, 6.45) is 0. The SMILES string of the molecule is Cc1cc(C)c(B2c3cccc4c3-n3c5c(cc6c7ccccc7oc6c5c5c6oc7ccccc7c6cc2c53)O4)c(C)c1. The predicted molar refractivity (Wildman–Crippen MR) is 181 cm³/mol. The zero-order chi connectivity index (χ0) is 29.0. The minimum Gasteiger partial charge on any atom is -0.455 e. The van der Waals surface area contributed by atoms with E-state index in [2.05, 4.69) is 98.1 Å². The fourth-order valence-electron chi connectivity index (χ4n) is 8.59. The third kappa shape index (κ3) is 2.56. The van der Waals surface area contributed by atoms with E-state index in [1.807, 2.05) is 18.2 Å². The lowest BCUT2D eigenvalue weighted by Gasteiger charge is -2.32. The Labute approximate surface area is 252 Å². The van der Waals surface area contributed by atoms with Gasteiger partial charge in [-0.1, -0.05) is 88.9 Å². The quantitative estimate of drug-likeness (QED) is 0.188. The molecule has 0 saturated heterocycles. The third-order valence-corrected chi connectivity index (χ3v) is 10.1. The van der Waals surface area contributed by atoms with Gasteiger partial charge in [0.1, 0.15) is 27.8 Å². The largest absolute Gasteiger partial charge is 0.455 e. The van der Waals surface area contributed by atoms with Crippen molar-refractivity contribution in [2.24, 2.45) is 0 Å². The molecule has 2 aliphatic rings. The van der Waals surface area contributed by atoms with Crippen molar-refractivity contribution in [3.8, 4) is 17.2 Å². The first-order valence-corrected chi connectivity index (χ1v) is 15.2. The van der Waals surface area contributed by atoms with Crippen LogP contribution in [-0.2, 0) is 0 Å². The van der Waals surface area contributed by atoms with Crippen molar-refractivity contribution in [1.29, 1.82) is 0 Å². The lowest BCUT2D eigenvalue weighted by atomic mass is 9.34. The van der Waals surface area contributed by atoms with Crippen LogP contribution in [0.1, 0.15) is 16.7 Å². The van der Waals surface area contributed by atoms with Crippen LogP contribution in [-0.4, -0.2) is 11.3 Å². The fourth-order valence-corrected chi connectivity index (χ4v) is 8.59. The van der Waals surface area contributed by atoms with Crippen LogP contribution >= 0.6 is 0 Å². The maximum atomic E-state index is 6.86. The number of aromatic nitrogens is 1. The molecule has 5 heteroatoms. The second kappa shape index (κ2) is 7.56. The van der Waals surface area contributed by atoms with Gasteiger partial charge in [0.05, 0.1) is 22.0 Å². The average Bonchev–Trinajstić information content (AvgIpc) is 3.69. The van der Waals surface area contributed by atoms with Gasteiger partial charge in [-0.2, -0.15) is 0 Å². The minimum atomic E-state index is 0.0271. The van der Waals surface area contributed by atoms with Crippen molar-refractivity contribution in [3.05, 3.63) is 108 Å². The smallest absolute Gasteiger partial charge is 0.247 e. The van der Waals surface area contributed by atoms with Crippen LogP contribution < -0.4 is 21.1 Å². The molecule has 11 rings (SSSR count). The first-order chi connectivity index (χ1) is 21.6. The van der Waals surface area contributed by atoms with Crippen molar-refractivity contribution in [1.82, 2.24) is 4.57 Å². The summed E-state index contributed by atoms with van der Waals surface area (Å²) in [4.78, 5) is 0. The molecule has 0 unspecified atom stereocenters. The second-order valence-electron chi connectivity index (χ2n) is 12.6. The molecule has 0 atom stereocenters. The third-order valence-electron chi connectivity index (χ3n) is 10.1. The van der Waals surface area contributed by atoms with E-state index in [0.29, 0.717) is 0 Å². The van der Waals surface area contributed by atoms with E-state index in [9.17, 15) is 0 Å². The van der Waals surface area contributed by atoms with Gasteiger partial charge in [-0.3, -0.25) is 0 Å². The number of furan rings is 2. The molecule has 0 aliphatic carbocycles. The highest BCUT2D eigenvalue weighted by atomic mass is 16.5. The Morgan fingerprint density at radius 2 is 1.20 bits per heavy atom. The number of aryl methyl sites for hydroxylation is 3. The number of nitrogens with zero attached hydrogens (tertiary/aromatic N) is 1. The van der Waals surface area contributed by atoms with Crippen molar-refractivity contribution in [2.75, 3.05) is 0 Å². The fraction of sp³-hybridized carbons (Fsp3) is 0.0769. The average molecular weight is 565 g/mol. The number of fused-ring (bicyclic) bond motifs is 9. The van der Waals surface area contributed by atoms with Crippen LogP contribution in [0.3, 0.4) is 0 Å². The van der Waals surface area contributed by atoms with Gasteiger partial charge in [0, 0.05) is 21.5 Å². The second-order valence-corrected chi connectivity index (χ2v) is 12.6. The summed E-state index contributed by atoms with van der Waals surface area (Å²) in [5, 5.41) is 6.53. The van der Waals surface area contributed by atoms with Gasteiger partial charge in [-0.15, -0.1) is 0 Å². The van der Waals surface area contributed by atoms with E-state index < -0.39 is 0 Å². The van der Waals surface area contributed by atoms with Crippen LogP contribution in [0.4, 0.5) is 0 Å². The standard InChI is InChI=1S/C39H24BNO3/c1-19-15-20(2)34(21(3)16-19)40-26-11-8-14-30-35(26)41-36-27(40)17-24-22-9-4-6-12-28(22)43-38(24)32(36)33-37(41)31(42-30)18-25-23-10-5-7-13-29(23)44-39(25)33/h4-18H,1-3H3. The molecule has 5 heterocycles. The molecule has 0 spiro atoms. The molecule has 0 amide bonds. The van der Waals surface area contributed by atoms with Gasteiger partial charge in [-0.25, -0.2) is 0 Å². The van der Waals surface area contributed by atoms with Crippen LogP contribution in [0.2, 0.25) is 0 Å². The van der Waals surface area contributed by atoms with Gasteiger partial charge >= 0.3 is 0 Å². The van der Waals surface area contributed by atoms with Gasteiger partial charge in [0.15, 0.2) is 11.5 Å².